The molecule has 0 saturated heterocycles. The molecule has 0 spiro atoms. The first-order chi connectivity index (χ1) is 8.58. The number of nitrogens with two attached hydrogens (primary N) is 1. The van der Waals surface area contributed by atoms with Gasteiger partial charge in [0.2, 0.25) is 0 Å². The van der Waals surface area contributed by atoms with Gasteiger partial charge in [-0.2, -0.15) is 4.98 Å². The van der Waals surface area contributed by atoms with E-state index in [-0.39, 0.29) is 11.5 Å². The average molecular weight is 268 g/mol. The lowest BCUT2D eigenvalue weighted by molar-refractivity contribution is 0.229. The molecule has 94 valence electrons. The van der Waals surface area contributed by atoms with Gasteiger partial charge in [0.05, 0.1) is 11.1 Å². The molecule has 0 bridgehead atoms. The van der Waals surface area contributed by atoms with E-state index in [1.807, 2.05) is 0 Å². The predicted octanol–water partition coefficient (Wildman–Crippen LogP) is 2.87. The Morgan fingerprint density at radius 1 is 1.39 bits per heavy atom. The largest absolute Gasteiger partial charge is 0.334 e. The van der Waals surface area contributed by atoms with Gasteiger partial charge in [0.25, 0.3) is 5.89 Å². The molecule has 6 heteroatoms. The first-order valence-electron chi connectivity index (χ1n) is 5.67. The molecule has 1 aromatic heterocycles. The molecule has 1 heterocycles. The second-order valence-electron chi connectivity index (χ2n) is 4.56. The van der Waals surface area contributed by atoms with E-state index in [1.54, 1.807) is 0 Å². The third-order valence-corrected chi connectivity index (χ3v) is 3.51. The van der Waals surface area contributed by atoms with Gasteiger partial charge in [0, 0.05) is 5.02 Å². The van der Waals surface area contributed by atoms with E-state index in [9.17, 15) is 4.39 Å². The molecule has 2 N–H and O–H groups in total. The summed E-state index contributed by atoms with van der Waals surface area (Å²) >= 11 is 5.82. The van der Waals surface area contributed by atoms with Crippen molar-refractivity contribution in [3.63, 3.8) is 0 Å². The first-order valence-corrected chi connectivity index (χ1v) is 6.05. The lowest BCUT2D eigenvalue weighted by Crippen LogP contribution is -2.44. The van der Waals surface area contributed by atoms with Gasteiger partial charge in [0.15, 0.2) is 5.82 Å². The zero-order chi connectivity index (χ0) is 12.8. The van der Waals surface area contributed by atoms with Crippen LogP contribution in [0.25, 0.3) is 11.5 Å². The summed E-state index contributed by atoms with van der Waals surface area (Å²) < 4.78 is 18.7. The fraction of sp³-hybridized carbons (Fsp3) is 0.333. The summed E-state index contributed by atoms with van der Waals surface area (Å²) in [5.41, 5.74) is 5.76. The van der Waals surface area contributed by atoms with Crippen LogP contribution in [0.3, 0.4) is 0 Å². The average Bonchev–Trinajstić information content (AvgIpc) is 2.79. The van der Waals surface area contributed by atoms with E-state index in [1.165, 1.54) is 18.2 Å². The van der Waals surface area contributed by atoms with Crippen molar-refractivity contribution in [2.75, 3.05) is 0 Å². The SMILES string of the molecule is NC1(c2noc(-c3cc(Cl)ccc3F)n2)CCC1. The molecule has 1 fully saturated rings. The van der Waals surface area contributed by atoms with E-state index in [0.29, 0.717) is 10.8 Å². The molecule has 1 aliphatic rings. The van der Waals surface area contributed by atoms with Crippen molar-refractivity contribution in [2.45, 2.75) is 24.8 Å². The molecule has 1 saturated carbocycles. The molecule has 1 aromatic carbocycles. The van der Waals surface area contributed by atoms with Crippen molar-refractivity contribution in [3.05, 3.63) is 34.9 Å². The molecule has 0 unspecified atom stereocenters. The van der Waals surface area contributed by atoms with Crippen molar-refractivity contribution in [1.82, 2.24) is 10.1 Å². The summed E-state index contributed by atoms with van der Waals surface area (Å²) in [6.45, 7) is 0. The standard InChI is InChI=1S/C12H11ClFN3O/c13-7-2-3-9(14)8(6-7)10-16-11(17-18-10)12(15)4-1-5-12/h2-3,6H,1,4-5,15H2. The van der Waals surface area contributed by atoms with Gasteiger partial charge in [-0.05, 0) is 37.5 Å². The molecule has 0 aliphatic heterocycles. The van der Waals surface area contributed by atoms with Crippen molar-refractivity contribution in [3.8, 4) is 11.5 Å². The molecule has 18 heavy (non-hydrogen) atoms. The summed E-state index contributed by atoms with van der Waals surface area (Å²) in [6.07, 6.45) is 2.69. The quantitative estimate of drug-likeness (QED) is 0.909. The number of rotatable bonds is 2. The van der Waals surface area contributed by atoms with Gasteiger partial charge in [0.1, 0.15) is 5.82 Å². The summed E-state index contributed by atoms with van der Waals surface area (Å²) in [5.74, 6) is 0.0964. The zero-order valence-corrected chi connectivity index (χ0v) is 10.2. The van der Waals surface area contributed by atoms with Gasteiger partial charge in [-0.3, -0.25) is 0 Å². The molecule has 4 nitrogen and oxygen atoms in total. The summed E-state index contributed by atoms with van der Waals surface area (Å²) in [4.78, 5) is 4.17. The fourth-order valence-electron chi connectivity index (χ4n) is 1.98. The molecule has 0 radical (unpaired) electrons. The van der Waals surface area contributed by atoms with Crippen LogP contribution >= 0.6 is 11.6 Å². The summed E-state index contributed by atoms with van der Waals surface area (Å²) in [7, 11) is 0. The van der Waals surface area contributed by atoms with E-state index in [0.717, 1.165) is 19.3 Å². The monoisotopic (exact) mass is 267 g/mol. The minimum absolute atomic E-state index is 0.113. The number of halogens is 2. The first kappa shape index (κ1) is 11.6. The Morgan fingerprint density at radius 2 is 2.17 bits per heavy atom. The van der Waals surface area contributed by atoms with Crippen LogP contribution in [0.15, 0.2) is 22.7 Å². The van der Waals surface area contributed by atoms with E-state index in [4.69, 9.17) is 21.9 Å². The highest BCUT2D eigenvalue weighted by Crippen LogP contribution is 2.38. The molecule has 0 amide bonds. The summed E-state index contributed by atoms with van der Waals surface area (Å²) in [5, 5.41) is 4.25. The second kappa shape index (κ2) is 4.03. The van der Waals surface area contributed by atoms with Crippen LogP contribution in [0.1, 0.15) is 25.1 Å². The Kier molecular flexibility index (Phi) is 2.60. The van der Waals surface area contributed by atoms with Crippen molar-refractivity contribution >= 4 is 11.6 Å². The van der Waals surface area contributed by atoms with Crippen LogP contribution in [-0.4, -0.2) is 10.1 Å². The lowest BCUT2D eigenvalue weighted by atomic mass is 9.77. The smallest absolute Gasteiger partial charge is 0.261 e. The van der Waals surface area contributed by atoms with E-state index in [2.05, 4.69) is 10.1 Å². The Balaban J connectivity index is 2.00. The highest BCUT2D eigenvalue weighted by molar-refractivity contribution is 6.30. The van der Waals surface area contributed by atoms with Gasteiger partial charge < -0.3 is 10.3 Å². The third-order valence-electron chi connectivity index (χ3n) is 3.28. The molecule has 1 aliphatic carbocycles. The number of nitrogens with zero attached hydrogens (tertiary/aromatic N) is 2. The molecular formula is C12H11ClFN3O. The Morgan fingerprint density at radius 3 is 2.83 bits per heavy atom. The molecule has 3 rings (SSSR count). The van der Waals surface area contributed by atoms with Gasteiger partial charge in [-0.25, -0.2) is 4.39 Å². The number of hydrogen-bond donors (Lipinski definition) is 1. The number of aromatic nitrogens is 2. The van der Waals surface area contributed by atoms with Crippen LogP contribution in [0.2, 0.25) is 5.02 Å². The topological polar surface area (TPSA) is 64.9 Å². The fourth-order valence-corrected chi connectivity index (χ4v) is 2.15. The minimum Gasteiger partial charge on any atom is -0.334 e. The van der Waals surface area contributed by atoms with Crippen LogP contribution in [-0.2, 0) is 5.54 Å². The van der Waals surface area contributed by atoms with Gasteiger partial charge in [-0.1, -0.05) is 16.8 Å². The lowest BCUT2D eigenvalue weighted by Gasteiger charge is -2.34. The maximum absolute atomic E-state index is 13.6. The van der Waals surface area contributed by atoms with Crippen LogP contribution in [0.4, 0.5) is 4.39 Å². The second-order valence-corrected chi connectivity index (χ2v) is 4.99. The van der Waals surface area contributed by atoms with Crippen LogP contribution < -0.4 is 5.73 Å². The molecule has 0 atom stereocenters. The Bertz CT molecular complexity index is 595. The van der Waals surface area contributed by atoms with Crippen molar-refractivity contribution in [1.29, 1.82) is 0 Å². The van der Waals surface area contributed by atoms with Crippen molar-refractivity contribution in [2.24, 2.45) is 5.73 Å². The van der Waals surface area contributed by atoms with Gasteiger partial charge in [-0.15, -0.1) is 0 Å². The number of hydrogen-bond acceptors (Lipinski definition) is 4. The van der Waals surface area contributed by atoms with E-state index >= 15 is 0 Å². The third kappa shape index (κ3) is 1.79. The minimum atomic E-state index is -0.517. The van der Waals surface area contributed by atoms with E-state index < -0.39 is 11.4 Å². The predicted molar refractivity (Wildman–Crippen MR) is 64.4 cm³/mol. The Labute approximate surface area is 108 Å². The van der Waals surface area contributed by atoms with Crippen LogP contribution in [0.5, 0.6) is 0 Å². The highest BCUT2D eigenvalue weighted by atomic mass is 35.5. The normalized spacial score (nSPS) is 17.5. The summed E-state index contributed by atoms with van der Waals surface area (Å²) in [6, 6.07) is 4.19. The number of benzene rings is 1. The Hall–Kier alpha value is -1.46. The zero-order valence-electron chi connectivity index (χ0n) is 9.49. The highest BCUT2D eigenvalue weighted by Gasteiger charge is 2.39. The maximum atomic E-state index is 13.6. The van der Waals surface area contributed by atoms with Crippen molar-refractivity contribution < 1.29 is 8.91 Å². The maximum Gasteiger partial charge on any atom is 0.261 e. The molecular weight excluding hydrogens is 257 g/mol. The van der Waals surface area contributed by atoms with Gasteiger partial charge >= 0.3 is 0 Å². The van der Waals surface area contributed by atoms with Crippen LogP contribution in [0, 0.1) is 5.82 Å². The molecule has 2 aromatic rings.